The van der Waals surface area contributed by atoms with Gasteiger partial charge < -0.3 is 9.80 Å². The molecule has 2 aliphatic rings. The average molecular weight is 365 g/mol. The van der Waals surface area contributed by atoms with Crippen molar-refractivity contribution in [3.05, 3.63) is 41.7 Å². The highest BCUT2D eigenvalue weighted by molar-refractivity contribution is 5.94. The molecule has 3 heterocycles. The molecule has 1 fully saturated rings. The summed E-state index contributed by atoms with van der Waals surface area (Å²) in [5, 5.41) is 16.0. The Morgan fingerprint density at radius 3 is 2.74 bits per heavy atom. The first-order chi connectivity index (χ1) is 13.1. The van der Waals surface area contributed by atoms with Gasteiger partial charge in [-0.1, -0.05) is 18.2 Å². The lowest BCUT2D eigenvalue weighted by molar-refractivity contribution is -0.119. The highest BCUT2D eigenvalue weighted by Crippen LogP contribution is 2.19. The van der Waals surface area contributed by atoms with E-state index in [-0.39, 0.29) is 23.7 Å². The van der Waals surface area contributed by atoms with Gasteiger partial charge in [0.15, 0.2) is 6.19 Å². The van der Waals surface area contributed by atoms with Crippen molar-refractivity contribution in [3.8, 4) is 6.19 Å². The van der Waals surface area contributed by atoms with Crippen LogP contribution in [0.2, 0.25) is 0 Å². The molecule has 0 unspecified atom stereocenters. The summed E-state index contributed by atoms with van der Waals surface area (Å²) in [5.41, 5.74) is 0.641. The molecule has 9 nitrogen and oxygen atoms in total. The number of likely N-dealkylation sites (tertiary alicyclic amines) is 1. The fraction of sp³-hybridized carbons (Fsp3) is 0.389. The van der Waals surface area contributed by atoms with Crippen LogP contribution in [-0.4, -0.2) is 56.0 Å². The standard InChI is InChI=1S/C18H19N7O2/c19-12-23-7-6-14(10-23)16(26)21-18-20-15-11-24(8-9-25(15)22-18)17(27)13-4-2-1-3-5-13/h1-5,14H,6-11H2,(H,21,22,26)/t14-/m0/s1. The topological polar surface area (TPSA) is 107 Å². The predicted molar refractivity (Wildman–Crippen MR) is 95.1 cm³/mol. The van der Waals surface area contributed by atoms with Gasteiger partial charge in [-0.15, -0.1) is 5.10 Å². The first-order valence-corrected chi connectivity index (χ1v) is 8.87. The van der Waals surface area contributed by atoms with Crippen molar-refractivity contribution < 1.29 is 9.59 Å². The van der Waals surface area contributed by atoms with E-state index < -0.39 is 0 Å². The quantitative estimate of drug-likeness (QED) is 0.802. The lowest BCUT2D eigenvalue weighted by atomic mass is 10.1. The van der Waals surface area contributed by atoms with Gasteiger partial charge in [0.25, 0.3) is 5.91 Å². The van der Waals surface area contributed by atoms with E-state index in [1.165, 1.54) is 0 Å². The van der Waals surface area contributed by atoms with Crippen molar-refractivity contribution in [2.24, 2.45) is 5.92 Å². The van der Waals surface area contributed by atoms with Crippen molar-refractivity contribution >= 4 is 17.8 Å². The van der Waals surface area contributed by atoms with Crippen LogP contribution >= 0.6 is 0 Å². The first kappa shape index (κ1) is 17.0. The summed E-state index contributed by atoms with van der Waals surface area (Å²) in [6, 6.07) is 9.13. The van der Waals surface area contributed by atoms with E-state index in [9.17, 15) is 9.59 Å². The number of anilines is 1. The van der Waals surface area contributed by atoms with Crippen LogP contribution in [0, 0.1) is 17.4 Å². The van der Waals surface area contributed by atoms with E-state index in [1.54, 1.807) is 26.6 Å². The number of hydrogen-bond donors (Lipinski definition) is 1. The minimum atomic E-state index is -0.235. The molecule has 27 heavy (non-hydrogen) atoms. The molecule has 2 aliphatic heterocycles. The Kier molecular flexibility index (Phi) is 4.46. The van der Waals surface area contributed by atoms with E-state index in [1.807, 2.05) is 18.2 Å². The van der Waals surface area contributed by atoms with Crippen LogP contribution in [-0.2, 0) is 17.9 Å². The second kappa shape index (κ2) is 7.07. The minimum Gasteiger partial charge on any atom is -0.329 e. The molecular weight excluding hydrogens is 346 g/mol. The van der Waals surface area contributed by atoms with Crippen molar-refractivity contribution in [1.29, 1.82) is 5.26 Å². The van der Waals surface area contributed by atoms with Crippen molar-refractivity contribution in [2.75, 3.05) is 25.0 Å². The molecule has 2 aromatic rings. The van der Waals surface area contributed by atoms with E-state index in [0.29, 0.717) is 50.5 Å². The molecule has 0 saturated carbocycles. The predicted octanol–water partition coefficient (Wildman–Crippen LogP) is 0.676. The lowest BCUT2D eigenvalue weighted by Gasteiger charge is -2.26. The number of carbonyl (C=O) groups is 2. The van der Waals surface area contributed by atoms with Crippen molar-refractivity contribution in [1.82, 2.24) is 24.6 Å². The molecule has 138 valence electrons. The third kappa shape index (κ3) is 3.46. The maximum absolute atomic E-state index is 12.6. The maximum atomic E-state index is 12.6. The molecule has 0 radical (unpaired) electrons. The number of rotatable bonds is 3. The summed E-state index contributed by atoms with van der Waals surface area (Å²) in [6.45, 7) is 2.44. The zero-order chi connectivity index (χ0) is 18.8. The highest BCUT2D eigenvalue weighted by atomic mass is 16.2. The van der Waals surface area contributed by atoms with Gasteiger partial charge >= 0.3 is 0 Å². The monoisotopic (exact) mass is 365 g/mol. The highest BCUT2D eigenvalue weighted by Gasteiger charge is 2.29. The molecule has 2 amide bonds. The summed E-state index contributed by atoms with van der Waals surface area (Å²) < 4.78 is 1.72. The summed E-state index contributed by atoms with van der Waals surface area (Å²) in [4.78, 5) is 32.6. The van der Waals surface area contributed by atoms with Crippen molar-refractivity contribution in [3.63, 3.8) is 0 Å². The molecule has 1 aromatic carbocycles. The van der Waals surface area contributed by atoms with Crippen LogP contribution in [0.5, 0.6) is 0 Å². The number of nitrogens with one attached hydrogen (secondary N) is 1. The largest absolute Gasteiger partial charge is 0.329 e. The number of hydrogen-bond acceptors (Lipinski definition) is 6. The van der Waals surface area contributed by atoms with E-state index >= 15 is 0 Å². The molecule has 1 atom stereocenters. The molecule has 9 heteroatoms. The fourth-order valence-electron chi connectivity index (χ4n) is 3.40. The van der Waals surface area contributed by atoms with Gasteiger partial charge in [-0.05, 0) is 18.6 Å². The second-order valence-corrected chi connectivity index (χ2v) is 6.69. The van der Waals surface area contributed by atoms with Gasteiger partial charge in [0, 0.05) is 25.2 Å². The normalized spacial score (nSPS) is 18.7. The third-order valence-corrected chi connectivity index (χ3v) is 4.91. The van der Waals surface area contributed by atoms with Gasteiger partial charge in [-0.25, -0.2) is 4.68 Å². The molecule has 0 bridgehead atoms. The number of nitriles is 1. The number of fused-ring (bicyclic) bond motifs is 1. The first-order valence-electron chi connectivity index (χ1n) is 8.87. The zero-order valence-corrected chi connectivity index (χ0v) is 14.7. The van der Waals surface area contributed by atoms with Gasteiger partial charge in [-0.2, -0.15) is 10.2 Å². The van der Waals surface area contributed by atoms with Crippen LogP contribution in [0.4, 0.5) is 5.95 Å². The molecule has 1 aromatic heterocycles. The van der Waals surface area contributed by atoms with Gasteiger partial charge in [0.2, 0.25) is 11.9 Å². The number of carbonyl (C=O) groups excluding carboxylic acids is 2. The number of benzene rings is 1. The number of amides is 2. The van der Waals surface area contributed by atoms with Crippen molar-refractivity contribution in [2.45, 2.75) is 19.5 Å². The fourth-order valence-corrected chi connectivity index (χ4v) is 3.40. The Morgan fingerprint density at radius 2 is 2.00 bits per heavy atom. The lowest BCUT2D eigenvalue weighted by Crippen LogP contribution is -2.38. The third-order valence-electron chi connectivity index (χ3n) is 4.91. The summed E-state index contributed by atoms with van der Waals surface area (Å²) in [5.74, 6) is 0.442. The summed E-state index contributed by atoms with van der Waals surface area (Å²) >= 11 is 0. The Bertz CT molecular complexity index is 902. The molecule has 1 N–H and O–H groups in total. The van der Waals surface area contributed by atoms with Crippen LogP contribution in [0.15, 0.2) is 30.3 Å². The van der Waals surface area contributed by atoms with Crippen LogP contribution in [0.1, 0.15) is 22.6 Å². The van der Waals surface area contributed by atoms with E-state index in [0.717, 1.165) is 0 Å². The van der Waals surface area contributed by atoms with Gasteiger partial charge in [-0.3, -0.25) is 14.9 Å². The molecule has 1 saturated heterocycles. The molecule has 0 aliphatic carbocycles. The van der Waals surface area contributed by atoms with E-state index in [4.69, 9.17) is 5.26 Å². The number of nitrogens with zero attached hydrogens (tertiary/aromatic N) is 6. The molecular formula is C18H19N7O2. The molecule has 0 spiro atoms. The summed E-state index contributed by atoms with van der Waals surface area (Å²) in [6.07, 6.45) is 2.71. The Morgan fingerprint density at radius 1 is 1.19 bits per heavy atom. The Hall–Kier alpha value is -3.41. The van der Waals surface area contributed by atoms with E-state index in [2.05, 4.69) is 21.6 Å². The smallest absolute Gasteiger partial charge is 0.254 e. The van der Waals surface area contributed by atoms with Gasteiger partial charge in [0.1, 0.15) is 5.82 Å². The minimum absolute atomic E-state index is 0.0435. The van der Waals surface area contributed by atoms with Crippen LogP contribution < -0.4 is 5.32 Å². The Labute approximate surface area is 156 Å². The average Bonchev–Trinajstić information content (AvgIpc) is 3.33. The maximum Gasteiger partial charge on any atom is 0.254 e. The number of aromatic nitrogens is 3. The van der Waals surface area contributed by atoms with Gasteiger partial charge in [0.05, 0.1) is 19.0 Å². The van der Waals surface area contributed by atoms with Crippen LogP contribution in [0.25, 0.3) is 0 Å². The second-order valence-electron chi connectivity index (χ2n) is 6.69. The SMILES string of the molecule is N#CN1CC[C@H](C(=O)Nc2nc3n(n2)CCN(C(=O)c2ccccc2)C3)C1. The molecule has 4 rings (SSSR count). The van der Waals surface area contributed by atoms with Crippen LogP contribution in [0.3, 0.4) is 0 Å². The zero-order valence-electron chi connectivity index (χ0n) is 14.7. The summed E-state index contributed by atoms with van der Waals surface area (Å²) in [7, 11) is 0. The Balaban J connectivity index is 1.41.